The summed E-state index contributed by atoms with van der Waals surface area (Å²) in [7, 11) is 0. The summed E-state index contributed by atoms with van der Waals surface area (Å²) in [5, 5.41) is 0. The topological polar surface area (TPSA) is 38.8 Å². The van der Waals surface area contributed by atoms with Crippen LogP contribution in [0.1, 0.15) is 34.1 Å². The quantitative estimate of drug-likeness (QED) is 0.672. The molecule has 0 N–H and O–H groups in total. The van der Waals surface area contributed by atoms with Crippen LogP contribution in [0.5, 0.6) is 0 Å². The monoisotopic (exact) mass is 215 g/mol. The molecule has 1 aliphatic heterocycles. The summed E-state index contributed by atoms with van der Waals surface area (Å²) in [6.45, 7) is 9.56. The first-order chi connectivity index (χ1) is 6.94. The third-order valence-electron chi connectivity index (χ3n) is 2.33. The Hall–Kier alpha value is -0.770. The zero-order valence-corrected chi connectivity index (χ0v) is 10.1. The first-order valence-corrected chi connectivity index (χ1v) is 5.51. The second-order valence-corrected chi connectivity index (χ2v) is 4.81. The molecule has 1 saturated heterocycles. The van der Waals surface area contributed by atoms with E-state index in [1.807, 2.05) is 20.8 Å². The van der Waals surface area contributed by atoms with E-state index in [-0.39, 0.29) is 12.1 Å². The fourth-order valence-corrected chi connectivity index (χ4v) is 1.55. The molecule has 0 aromatic rings. The lowest BCUT2D eigenvalue weighted by Gasteiger charge is -2.36. The van der Waals surface area contributed by atoms with Gasteiger partial charge in [-0.3, -0.25) is 0 Å². The summed E-state index contributed by atoms with van der Waals surface area (Å²) in [6, 6.07) is 0.161. The lowest BCUT2D eigenvalue weighted by Crippen LogP contribution is -2.50. The van der Waals surface area contributed by atoms with Crippen LogP contribution in [-0.2, 0) is 9.47 Å². The summed E-state index contributed by atoms with van der Waals surface area (Å²) < 4.78 is 10.7. The molecule has 88 valence electrons. The molecule has 0 spiro atoms. The Morgan fingerprint density at radius 3 is 2.73 bits per heavy atom. The lowest BCUT2D eigenvalue weighted by atomic mass is 10.2. The van der Waals surface area contributed by atoms with Crippen LogP contribution in [0, 0.1) is 0 Å². The van der Waals surface area contributed by atoms with Gasteiger partial charge < -0.3 is 14.4 Å². The van der Waals surface area contributed by atoms with Crippen molar-refractivity contribution in [2.24, 2.45) is 0 Å². The number of carbonyl (C=O) groups is 1. The van der Waals surface area contributed by atoms with Crippen LogP contribution < -0.4 is 0 Å². The van der Waals surface area contributed by atoms with Crippen LogP contribution in [-0.4, -0.2) is 42.4 Å². The van der Waals surface area contributed by atoms with Gasteiger partial charge in [-0.1, -0.05) is 6.92 Å². The lowest BCUT2D eigenvalue weighted by molar-refractivity contribution is -0.0328. The van der Waals surface area contributed by atoms with Crippen LogP contribution in [0.3, 0.4) is 0 Å². The molecular formula is C11H21NO3. The van der Waals surface area contributed by atoms with E-state index in [2.05, 4.69) is 6.92 Å². The van der Waals surface area contributed by atoms with Crippen molar-refractivity contribution in [3.63, 3.8) is 0 Å². The maximum Gasteiger partial charge on any atom is 0.410 e. The first-order valence-electron chi connectivity index (χ1n) is 5.51. The molecule has 0 unspecified atom stereocenters. The minimum atomic E-state index is -0.423. The maximum atomic E-state index is 11.8. The van der Waals surface area contributed by atoms with Crippen molar-refractivity contribution in [1.29, 1.82) is 0 Å². The Kier molecular flexibility index (Phi) is 3.97. The third-order valence-corrected chi connectivity index (χ3v) is 2.33. The number of hydrogen-bond donors (Lipinski definition) is 0. The van der Waals surface area contributed by atoms with Gasteiger partial charge in [0.1, 0.15) is 5.60 Å². The van der Waals surface area contributed by atoms with Crippen molar-refractivity contribution < 1.29 is 14.3 Å². The Balaban J connectivity index is 2.56. The molecule has 15 heavy (non-hydrogen) atoms. The highest BCUT2D eigenvalue weighted by atomic mass is 16.6. The Morgan fingerprint density at radius 2 is 2.20 bits per heavy atom. The number of nitrogens with zero attached hydrogens (tertiary/aromatic N) is 1. The molecular weight excluding hydrogens is 194 g/mol. The van der Waals surface area contributed by atoms with Gasteiger partial charge in [0.05, 0.1) is 19.3 Å². The van der Waals surface area contributed by atoms with Crippen molar-refractivity contribution >= 4 is 6.09 Å². The number of morpholine rings is 1. The van der Waals surface area contributed by atoms with E-state index >= 15 is 0 Å². The molecule has 1 fully saturated rings. The third kappa shape index (κ3) is 3.70. The van der Waals surface area contributed by atoms with Crippen molar-refractivity contribution in [3.8, 4) is 0 Å². The zero-order valence-electron chi connectivity index (χ0n) is 10.1. The van der Waals surface area contributed by atoms with Gasteiger partial charge in [-0.25, -0.2) is 4.79 Å². The predicted molar refractivity (Wildman–Crippen MR) is 57.8 cm³/mol. The van der Waals surface area contributed by atoms with Gasteiger partial charge in [0.15, 0.2) is 0 Å². The molecule has 4 heteroatoms. The van der Waals surface area contributed by atoms with E-state index in [1.165, 1.54) is 0 Å². The minimum absolute atomic E-state index is 0.161. The standard InChI is InChI=1S/C11H21NO3/c1-5-9-8-14-7-6-12(9)10(13)15-11(2,3)4/h9H,5-8H2,1-4H3/t9-/m0/s1. The molecule has 0 aromatic heterocycles. The molecule has 1 heterocycles. The molecule has 0 saturated carbocycles. The zero-order chi connectivity index (χ0) is 11.5. The number of ether oxygens (including phenoxy) is 2. The molecule has 0 aromatic carbocycles. The van der Waals surface area contributed by atoms with Crippen molar-refractivity contribution in [2.75, 3.05) is 19.8 Å². The number of amides is 1. The molecule has 1 amide bonds. The second-order valence-electron chi connectivity index (χ2n) is 4.81. The van der Waals surface area contributed by atoms with Crippen molar-refractivity contribution in [1.82, 2.24) is 4.90 Å². The van der Waals surface area contributed by atoms with Crippen LogP contribution in [0.2, 0.25) is 0 Å². The number of hydrogen-bond acceptors (Lipinski definition) is 3. The Bertz CT molecular complexity index is 222. The second kappa shape index (κ2) is 4.84. The van der Waals surface area contributed by atoms with Crippen molar-refractivity contribution in [2.45, 2.75) is 45.8 Å². The van der Waals surface area contributed by atoms with Crippen LogP contribution in [0.15, 0.2) is 0 Å². The van der Waals surface area contributed by atoms with E-state index in [9.17, 15) is 4.79 Å². The summed E-state index contributed by atoms with van der Waals surface area (Å²) >= 11 is 0. The molecule has 1 aliphatic rings. The van der Waals surface area contributed by atoms with Crippen LogP contribution >= 0.6 is 0 Å². The average Bonchev–Trinajstić information content (AvgIpc) is 2.15. The SMILES string of the molecule is CC[C@H]1COCCN1C(=O)OC(C)(C)C. The normalized spacial score (nSPS) is 22.7. The number of carbonyl (C=O) groups excluding carboxylic acids is 1. The maximum absolute atomic E-state index is 11.8. The van der Waals surface area contributed by atoms with E-state index in [0.29, 0.717) is 19.8 Å². The van der Waals surface area contributed by atoms with Crippen LogP contribution in [0.4, 0.5) is 4.79 Å². The van der Waals surface area contributed by atoms with E-state index in [0.717, 1.165) is 6.42 Å². The highest BCUT2D eigenvalue weighted by molar-refractivity contribution is 5.68. The largest absolute Gasteiger partial charge is 0.444 e. The van der Waals surface area contributed by atoms with Gasteiger partial charge in [0, 0.05) is 6.54 Å². The molecule has 1 rings (SSSR count). The highest BCUT2D eigenvalue weighted by Crippen LogP contribution is 2.15. The highest BCUT2D eigenvalue weighted by Gasteiger charge is 2.29. The average molecular weight is 215 g/mol. The van der Waals surface area contributed by atoms with Gasteiger partial charge in [0.2, 0.25) is 0 Å². The van der Waals surface area contributed by atoms with Crippen molar-refractivity contribution in [3.05, 3.63) is 0 Å². The molecule has 0 bridgehead atoms. The predicted octanol–water partition coefficient (Wildman–Crippen LogP) is 2.03. The van der Waals surface area contributed by atoms with E-state index in [1.54, 1.807) is 4.90 Å². The first kappa shape index (κ1) is 12.3. The van der Waals surface area contributed by atoms with Gasteiger partial charge in [-0.05, 0) is 27.2 Å². The summed E-state index contributed by atoms with van der Waals surface area (Å²) in [4.78, 5) is 13.6. The van der Waals surface area contributed by atoms with E-state index in [4.69, 9.17) is 9.47 Å². The minimum Gasteiger partial charge on any atom is -0.444 e. The Morgan fingerprint density at radius 1 is 1.53 bits per heavy atom. The van der Waals surface area contributed by atoms with E-state index < -0.39 is 5.60 Å². The molecule has 0 aliphatic carbocycles. The fraction of sp³-hybridized carbons (Fsp3) is 0.909. The van der Waals surface area contributed by atoms with Gasteiger partial charge in [-0.15, -0.1) is 0 Å². The summed E-state index contributed by atoms with van der Waals surface area (Å²) in [6.07, 6.45) is 0.678. The molecule has 0 radical (unpaired) electrons. The Labute approximate surface area is 91.5 Å². The summed E-state index contributed by atoms with van der Waals surface area (Å²) in [5.41, 5.74) is -0.423. The van der Waals surface area contributed by atoms with Crippen LogP contribution in [0.25, 0.3) is 0 Å². The summed E-state index contributed by atoms with van der Waals surface area (Å²) in [5.74, 6) is 0. The fourth-order valence-electron chi connectivity index (χ4n) is 1.55. The van der Waals surface area contributed by atoms with Gasteiger partial charge >= 0.3 is 6.09 Å². The van der Waals surface area contributed by atoms with Gasteiger partial charge in [0.25, 0.3) is 0 Å². The number of rotatable bonds is 1. The molecule has 4 nitrogen and oxygen atoms in total. The smallest absolute Gasteiger partial charge is 0.410 e. The molecule has 1 atom stereocenters. The van der Waals surface area contributed by atoms with Gasteiger partial charge in [-0.2, -0.15) is 0 Å².